The number of nitrogens with two attached hydrogens (primary N) is 1. The third-order valence-electron chi connectivity index (χ3n) is 2.83. The molecule has 100 valence electrons. The fourth-order valence-corrected chi connectivity index (χ4v) is 2.68. The summed E-state index contributed by atoms with van der Waals surface area (Å²) in [6.07, 6.45) is 0.170. The van der Waals surface area contributed by atoms with Crippen molar-refractivity contribution in [1.29, 1.82) is 0 Å². The average Bonchev–Trinajstić information content (AvgIpc) is 2.38. The lowest BCUT2D eigenvalue weighted by Crippen LogP contribution is -2.14. The molecule has 1 atom stereocenters. The van der Waals surface area contributed by atoms with Crippen molar-refractivity contribution in [2.24, 2.45) is 5.73 Å². The van der Waals surface area contributed by atoms with E-state index in [1.54, 1.807) is 0 Å². The van der Waals surface area contributed by atoms with E-state index in [-0.39, 0.29) is 12.1 Å². The topological polar surface area (TPSA) is 35.2 Å². The number of benzene rings is 2. The number of rotatable bonds is 4. The Hall–Kier alpha value is -1.07. The molecule has 0 aliphatic heterocycles. The molecule has 0 fully saturated rings. The van der Waals surface area contributed by atoms with E-state index in [1.807, 2.05) is 50.2 Å². The first-order chi connectivity index (χ1) is 9.08. The zero-order chi connectivity index (χ0) is 13.8. The number of hydrogen-bond donors (Lipinski definition) is 1. The fraction of sp³-hybridized carbons (Fsp3) is 0.250. The number of ether oxygens (including phenoxy) is 1. The van der Waals surface area contributed by atoms with Crippen LogP contribution in [-0.4, -0.2) is 6.10 Å². The molecular weight excluding hydrogens is 349 g/mol. The molecule has 2 aromatic rings. The summed E-state index contributed by atoms with van der Waals surface area (Å²) >= 11 is 2.32. The molecule has 2 rings (SSSR count). The van der Waals surface area contributed by atoms with Gasteiger partial charge in [-0.25, -0.2) is 0 Å². The Kier molecular flexibility index (Phi) is 4.82. The Balaban J connectivity index is 2.29. The van der Waals surface area contributed by atoms with Gasteiger partial charge in [-0.3, -0.25) is 0 Å². The van der Waals surface area contributed by atoms with Crippen LogP contribution < -0.4 is 10.5 Å². The highest BCUT2D eigenvalue weighted by molar-refractivity contribution is 14.1. The van der Waals surface area contributed by atoms with Gasteiger partial charge in [-0.05, 0) is 65.8 Å². The Morgan fingerprint density at radius 2 is 1.79 bits per heavy atom. The van der Waals surface area contributed by atoms with Gasteiger partial charge in [0, 0.05) is 3.57 Å². The Morgan fingerprint density at radius 3 is 2.47 bits per heavy atom. The third-order valence-corrected chi connectivity index (χ3v) is 3.81. The molecule has 2 nitrogen and oxygen atoms in total. The summed E-state index contributed by atoms with van der Waals surface area (Å²) in [5.74, 6) is 0.869. The third kappa shape index (κ3) is 3.70. The molecule has 0 aliphatic carbocycles. The molecule has 0 radical (unpaired) electrons. The maximum absolute atomic E-state index is 6.36. The summed E-state index contributed by atoms with van der Waals surface area (Å²) in [6.45, 7) is 4.04. The summed E-state index contributed by atoms with van der Waals surface area (Å²) < 4.78 is 6.90. The molecule has 0 saturated carbocycles. The lowest BCUT2D eigenvalue weighted by atomic mass is 9.99. The van der Waals surface area contributed by atoms with Gasteiger partial charge in [0.2, 0.25) is 0 Å². The molecule has 0 saturated heterocycles. The van der Waals surface area contributed by atoms with Crippen molar-refractivity contribution in [2.75, 3.05) is 0 Å². The number of hydrogen-bond acceptors (Lipinski definition) is 2. The maximum Gasteiger partial charge on any atom is 0.120 e. The van der Waals surface area contributed by atoms with Crippen molar-refractivity contribution in [1.82, 2.24) is 0 Å². The second-order valence-electron chi connectivity index (χ2n) is 4.74. The molecule has 2 N–H and O–H groups in total. The maximum atomic E-state index is 6.36. The van der Waals surface area contributed by atoms with Gasteiger partial charge >= 0.3 is 0 Å². The molecule has 0 aromatic heterocycles. The first kappa shape index (κ1) is 14.3. The first-order valence-corrected chi connectivity index (χ1v) is 7.42. The van der Waals surface area contributed by atoms with Gasteiger partial charge in [-0.15, -0.1) is 0 Å². The van der Waals surface area contributed by atoms with Crippen LogP contribution in [0.15, 0.2) is 48.5 Å². The second kappa shape index (κ2) is 6.39. The van der Waals surface area contributed by atoms with Crippen LogP contribution in [0, 0.1) is 3.57 Å². The van der Waals surface area contributed by atoms with Crippen LogP contribution in [0.5, 0.6) is 5.75 Å². The highest BCUT2D eigenvalue weighted by Crippen LogP contribution is 2.26. The molecule has 0 spiro atoms. The van der Waals surface area contributed by atoms with Gasteiger partial charge in [0.15, 0.2) is 0 Å². The highest BCUT2D eigenvalue weighted by atomic mass is 127. The van der Waals surface area contributed by atoms with Crippen LogP contribution >= 0.6 is 22.6 Å². The number of halogens is 1. The van der Waals surface area contributed by atoms with E-state index in [1.165, 1.54) is 3.57 Å². The van der Waals surface area contributed by atoms with Crippen molar-refractivity contribution >= 4 is 22.6 Å². The molecule has 2 aromatic carbocycles. The molecule has 3 heteroatoms. The van der Waals surface area contributed by atoms with E-state index in [2.05, 4.69) is 34.7 Å². The van der Waals surface area contributed by atoms with Crippen molar-refractivity contribution in [3.8, 4) is 5.75 Å². The SMILES string of the molecule is CC(C)Oc1cccc(C(N)c2ccccc2I)c1. The zero-order valence-corrected chi connectivity index (χ0v) is 13.3. The lowest BCUT2D eigenvalue weighted by Gasteiger charge is -2.16. The summed E-state index contributed by atoms with van der Waals surface area (Å²) in [7, 11) is 0. The van der Waals surface area contributed by atoms with E-state index in [0.29, 0.717) is 0 Å². The van der Waals surface area contributed by atoms with Crippen LogP contribution in [0.25, 0.3) is 0 Å². The standard InChI is InChI=1S/C16H18INO/c1-11(2)19-13-7-5-6-12(10-13)16(18)14-8-3-4-9-15(14)17/h3-11,16H,18H2,1-2H3. The van der Waals surface area contributed by atoms with Gasteiger partial charge in [0.1, 0.15) is 5.75 Å². The Labute approximate surface area is 128 Å². The predicted molar refractivity (Wildman–Crippen MR) is 87.4 cm³/mol. The van der Waals surface area contributed by atoms with E-state index in [4.69, 9.17) is 10.5 Å². The lowest BCUT2D eigenvalue weighted by molar-refractivity contribution is 0.242. The molecule has 0 amide bonds. The predicted octanol–water partition coefficient (Wildman–Crippen LogP) is 4.13. The van der Waals surface area contributed by atoms with Crippen LogP contribution in [0.1, 0.15) is 31.0 Å². The largest absolute Gasteiger partial charge is 0.491 e. The molecule has 0 bridgehead atoms. The van der Waals surface area contributed by atoms with Crippen molar-refractivity contribution in [2.45, 2.75) is 26.0 Å². The van der Waals surface area contributed by atoms with E-state index in [0.717, 1.165) is 16.9 Å². The van der Waals surface area contributed by atoms with Crippen LogP contribution in [-0.2, 0) is 0 Å². The zero-order valence-electron chi connectivity index (χ0n) is 11.1. The fourth-order valence-electron chi connectivity index (χ4n) is 1.96. The monoisotopic (exact) mass is 367 g/mol. The van der Waals surface area contributed by atoms with Crippen molar-refractivity contribution in [3.63, 3.8) is 0 Å². The summed E-state index contributed by atoms with van der Waals surface area (Å²) in [5, 5.41) is 0. The normalized spacial score (nSPS) is 12.5. The van der Waals surface area contributed by atoms with Crippen molar-refractivity contribution in [3.05, 3.63) is 63.2 Å². The van der Waals surface area contributed by atoms with E-state index >= 15 is 0 Å². The summed E-state index contributed by atoms with van der Waals surface area (Å²) in [6, 6.07) is 16.1. The minimum Gasteiger partial charge on any atom is -0.491 e. The van der Waals surface area contributed by atoms with Gasteiger partial charge in [-0.2, -0.15) is 0 Å². The minimum atomic E-state index is -0.121. The first-order valence-electron chi connectivity index (χ1n) is 6.34. The van der Waals surface area contributed by atoms with Gasteiger partial charge < -0.3 is 10.5 Å². The molecular formula is C16H18INO. The summed E-state index contributed by atoms with van der Waals surface area (Å²) in [4.78, 5) is 0. The Bertz CT molecular complexity index is 554. The molecule has 0 aliphatic rings. The van der Waals surface area contributed by atoms with Crippen LogP contribution in [0.4, 0.5) is 0 Å². The van der Waals surface area contributed by atoms with Crippen LogP contribution in [0.3, 0.4) is 0 Å². The molecule has 19 heavy (non-hydrogen) atoms. The molecule has 0 heterocycles. The van der Waals surface area contributed by atoms with Gasteiger partial charge in [-0.1, -0.05) is 30.3 Å². The minimum absolute atomic E-state index is 0.121. The second-order valence-corrected chi connectivity index (χ2v) is 5.90. The smallest absolute Gasteiger partial charge is 0.120 e. The Morgan fingerprint density at radius 1 is 1.05 bits per heavy atom. The quantitative estimate of drug-likeness (QED) is 0.825. The van der Waals surface area contributed by atoms with Gasteiger partial charge in [0.25, 0.3) is 0 Å². The van der Waals surface area contributed by atoms with Crippen molar-refractivity contribution < 1.29 is 4.74 Å². The van der Waals surface area contributed by atoms with E-state index in [9.17, 15) is 0 Å². The van der Waals surface area contributed by atoms with E-state index < -0.39 is 0 Å². The highest BCUT2D eigenvalue weighted by Gasteiger charge is 2.12. The van der Waals surface area contributed by atoms with Gasteiger partial charge in [0.05, 0.1) is 12.1 Å². The molecule has 1 unspecified atom stereocenters. The average molecular weight is 367 g/mol. The summed E-state index contributed by atoms with van der Waals surface area (Å²) in [5.41, 5.74) is 8.57. The van der Waals surface area contributed by atoms with Crippen LogP contribution in [0.2, 0.25) is 0 Å².